The minimum Gasteiger partial charge on any atom is -0.504 e. The summed E-state index contributed by atoms with van der Waals surface area (Å²) >= 11 is 0. The number of hydrogen-bond donors (Lipinski definition) is 2. The molecule has 0 aliphatic heterocycles. The highest BCUT2D eigenvalue weighted by Gasteiger charge is 2.19. The fraction of sp³-hybridized carbons (Fsp3) is 0.296. The number of carbonyl (C=O) groups is 1. The summed E-state index contributed by atoms with van der Waals surface area (Å²) in [5.74, 6) is 0.438. The molecule has 0 atom stereocenters. The number of phenols is 2. The lowest BCUT2D eigenvalue weighted by atomic mass is 9.97. The number of aldehydes is 1. The van der Waals surface area contributed by atoms with Crippen molar-refractivity contribution < 1.29 is 33.3 Å². The maximum Gasteiger partial charge on any atom is 0.336 e. The molecular formula is C27H28O9. The van der Waals surface area contributed by atoms with Crippen LogP contribution in [0, 0.1) is 0 Å². The molecule has 190 valence electrons. The van der Waals surface area contributed by atoms with E-state index >= 15 is 0 Å². The quantitative estimate of drug-likeness (QED) is 0.286. The molecule has 0 saturated heterocycles. The topological polar surface area (TPSA) is 136 Å². The van der Waals surface area contributed by atoms with Crippen LogP contribution in [0.5, 0.6) is 23.0 Å². The second-order valence-corrected chi connectivity index (χ2v) is 8.71. The number of hydrogen-bond acceptors (Lipinski definition) is 9. The van der Waals surface area contributed by atoms with Crippen molar-refractivity contribution in [3.05, 3.63) is 67.9 Å². The van der Waals surface area contributed by atoms with Crippen LogP contribution in [0.3, 0.4) is 0 Å². The molecule has 9 nitrogen and oxygen atoms in total. The van der Waals surface area contributed by atoms with Crippen molar-refractivity contribution in [2.45, 2.75) is 39.5 Å². The number of carbonyl (C=O) groups excluding carboxylic acids is 1. The zero-order valence-electron chi connectivity index (χ0n) is 20.9. The molecule has 0 aliphatic rings. The van der Waals surface area contributed by atoms with E-state index in [2.05, 4.69) is 0 Å². The summed E-state index contributed by atoms with van der Waals surface area (Å²) in [6.07, 6.45) is 0.452. The fourth-order valence-corrected chi connectivity index (χ4v) is 3.90. The number of aromatic hydroxyl groups is 2. The van der Waals surface area contributed by atoms with E-state index in [9.17, 15) is 24.6 Å². The zero-order valence-corrected chi connectivity index (χ0v) is 20.9. The molecule has 4 aromatic rings. The number of phenolic OH excluding ortho intramolecular Hbond substituents is 2. The van der Waals surface area contributed by atoms with Crippen LogP contribution in [-0.4, -0.2) is 30.7 Å². The first kappa shape index (κ1) is 26.3. The van der Waals surface area contributed by atoms with Crippen molar-refractivity contribution in [2.24, 2.45) is 0 Å². The van der Waals surface area contributed by atoms with Gasteiger partial charge in [-0.25, -0.2) is 9.59 Å². The Morgan fingerprint density at radius 3 is 1.83 bits per heavy atom. The molecule has 0 aliphatic carbocycles. The van der Waals surface area contributed by atoms with E-state index < -0.39 is 11.3 Å². The molecule has 0 fully saturated rings. The van der Waals surface area contributed by atoms with E-state index in [1.807, 2.05) is 27.7 Å². The lowest BCUT2D eigenvalue weighted by molar-refractivity contribution is 0.112. The average Bonchev–Trinajstić information content (AvgIpc) is 2.82. The van der Waals surface area contributed by atoms with E-state index in [0.717, 1.165) is 16.5 Å². The molecule has 2 heterocycles. The Bertz CT molecular complexity index is 1540. The van der Waals surface area contributed by atoms with Crippen LogP contribution in [0.1, 0.15) is 61.0 Å². The third-order valence-electron chi connectivity index (χ3n) is 5.70. The Hall–Kier alpha value is -4.27. The number of fused-ring (bicyclic) bond motifs is 2. The number of methoxy groups -OCH3 is 2. The van der Waals surface area contributed by atoms with Gasteiger partial charge in [0, 0.05) is 29.0 Å². The molecule has 36 heavy (non-hydrogen) atoms. The first-order valence-electron chi connectivity index (χ1n) is 11.2. The van der Waals surface area contributed by atoms with Gasteiger partial charge < -0.3 is 28.5 Å². The molecule has 9 heteroatoms. The molecule has 0 radical (unpaired) electrons. The lowest BCUT2D eigenvalue weighted by Crippen LogP contribution is -2.04. The van der Waals surface area contributed by atoms with Crippen molar-refractivity contribution in [3.63, 3.8) is 0 Å². The monoisotopic (exact) mass is 496 g/mol. The Kier molecular flexibility index (Phi) is 7.72. The molecule has 2 aromatic carbocycles. The van der Waals surface area contributed by atoms with Gasteiger partial charge in [-0.1, -0.05) is 27.7 Å². The Balaban J connectivity index is 0.000000202. The smallest absolute Gasteiger partial charge is 0.336 e. The highest BCUT2D eigenvalue weighted by atomic mass is 16.5. The Labute approximate surface area is 206 Å². The van der Waals surface area contributed by atoms with Crippen molar-refractivity contribution in [1.29, 1.82) is 0 Å². The summed E-state index contributed by atoms with van der Waals surface area (Å²) < 4.78 is 20.2. The van der Waals surface area contributed by atoms with Crippen LogP contribution in [0.25, 0.3) is 21.9 Å². The minimum absolute atomic E-state index is 0.0379. The van der Waals surface area contributed by atoms with Crippen LogP contribution in [0.4, 0.5) is 0 Å². The molecule has 0 amide bonds. The summed E-state index contributed by atoms with van der Waals surface area (Å²) in [6, 6.07) is 7.52. The maximum atomic E-state index is 11.5. The van der Waals surface area contributed by atoms with Gasteiger partial charge in [-0.3, -0.25) is 4.79 Å². The van der Waals surface area contributed by atoms with Crippen molar-refractivity contribution in [1.82, 2.24) is 0 Å². The van der Waals surface area contributed by atoms with Crippen molar-refractivity contribution in [2.75, 3.05) is 14.2 Å². The maximum absolute atomic E-state index is 11.5. The second kappa shape index (κ2) is 10.6. The third kappa shape index (κ3) is 5.05. The van der Waals surface area contributed by atoms with Gasteiger partial charge in [0.05, 0.1) is 14.2 Å². The van der Waals surface area contributed by atoms with Crippen LogP contribution in [0.2, 0.25) is 0 Å². The predicted octanol–water partition coefficient (Wildman–Crippen LogP) is 5.07. The van der Waals surface area contributed by atoms with Gasteiger partial charge in [-0.15, -0.1) is 0 Å². The molecule has 0 bridgehead atoms. The van der Waals surface area contributed by atoms with E-state index in [0.29, 0.717) is 23.0 Å². The molecule has 0 unspecified atom stereocenters. The molecule has 2 N–H and O–H groups in total. The summed E-state index contributed by atoms with van der Waals surface area (Å²) in [6.45, 7) is 7.84. The number of rotatable bonds is 5. The van der Waals surface area contributed by atoms with E-state index in [1.165, 1.54) is 32.4 Å². The van der Waals surface area contributed by atoms with E-state index in [1.54, 1.807) is 12.1 Å². The summed E-state index contributed by atoms with van der Waals surface area (Å²) in [7, 11) is 2.87. The highest BCUT2D eigenvalue weighted by molar-refractivity contribution is 6.00. The van der Waals surface area contributed by atoms with Crippen molar-refractivity contribution in [3.8, 4) is 23.0 Å². The van der Waals surface area contributed by atoms with Gasteiger partial charge in [0.15, 0.2) is 34.9 Å². The molecule has 4 rings (SSSR count). The first-order chi connectivity index (χ1) is 17.0. The van der Waals surface area contributed by atoms with Gasteiger partial charge in [0.2, 0.25) is 0 Å². The van der Waals surface area contributed by atoms with Gasteiger partial charge in [0.1, 0.15) is 11.1 Å². The fourth-order valence-electron chi connectivity index (χ4n) is 3.90. The summed E-state index contributed by atoms with van der Waals surface area (Å²) in [5.41, 5.74) is 1.05. The first-order valence-corrected chi connectivity index (χ1v) is 11.2. The van der Waals surface area contributed by atoms with Gasteiger partial charge in [-0.05, 0) is 35.1 Å². The molecule has 0 spiro atoms. The van der Waals surface area contributed by atoms with Crippen LogP contribution in [0.15, 0.2) is 48.8 Å². The van der Waals surface area contributed by atoms with Crippen LogP contribution < -0.4 is 20.7 Å². The Morgan fingerprint density at radius 1 is 0.778 bits per heavy atom. The zero-order chi connectivity index (χ0) is 26.7. The second-order valence-electron chi connectivity index (χ2n) is 8.71. The summed E-state index contributed by atoms with van der Waals surface area (Å²) in [5, 5.41) is 20.9. The Morgan fingerprint density at radius 2 is 1.31 bits per heavy atom. The number of ether oxygens (including phenoxy) is 2. The van der Waals surface area contributed by atoms with Gasteiger partial charge in [-0.2, -0.15) is 0 Å². The van der Waals surface area contributed by atoms with Crippen LogP contribution in [-0.2, 0) is 0 Å². The molecule has 0 saturated carbocycles. The SMILES string of the molecule is COc1cc2c(C(C)C)cc(=O)oc2c(C=O)c1O.COc1cc2c(C(C)C)cc(=O)oc2cc1O. The number of benzene rings is 2. The van der Waals surface area contributed by atoms with Crippen LogP contribution >= 0.6 is 0 Å². The third-order valence-corrected chi connectivity index (χ3v) is 5.70. The van der Waals surface area contributed by atoms with E-state index in [-0.39, 0.29) is 40.2 Å². The lowest BCUT2D eigenvalue weighted by Gasteiger charge is -2.12. The average molecular weight is 497 g/mol. The standard InChI is InChI=1S/C14H14O5.C13H14O4/c1-7(2)8-5-12(16)19-14-9(8)4-11(18-3)13(17)10(14)6-15;1-7(2)8-5-13(15)17-11-6-10(14)12(16-3)4-9(8)11/h4-7,17H,1-3H3;4-7,14H,1-3H3. The normalized spacial score (nSPS) is 11.0. The van der Waals surface area contributed by atoms with Crippen molar-refractivity contribution >= 4 is 28.2 Å². The molecule has 2 aromatic heterocycles. The van der Waals surface area contributed by atoms with E-state index in [4.69, 9.17) is 18.3 Å². The van der Waals surface area contributed by atoms with Gasteiger partial charge in [0.25, 0.3) is 0 Å². The summed E-state index contributed by atoms with van der Waals surface area (Å²) in [4.78, 5) is 34.1. The van der Waals surface area contributed by atoms with Gasteiger partial charge >= 0.3 is 11.3 Å². The highest BCUT2D eigenvalue weighted by Crippen LogP contribution is 2.38. The largest absolute Gasteiger partial charge is 0.504 e. The predicted molar refractivity (Wildman–Crippen MR) is 135 cm³/mol. The molecular weight excluding hydrogens is 468 g/mol. The minimum atomic E-state index is -0.552.